The van der Waals surface area contributed by atoms with Gasteiger partial charge in [-0.05, 0) is 37.5 Å². The molecule has 0 aliphatic carbocycles. The Kier molecular flexibility index (Phi) is 5.76. The first-order valence-corrected chi connectivity index (χ1v) is 7.76. The van der Waals surface area contributed by atoms with Crippen LogP contribution < -0.4 is 5.32 Å². The number of rotatable bonds is 6. The third-order valence-corrected chi connectivity index (χ3v) is 4.12. The topological polar surface area (TPSA) is 44.7 Å². The highest BCUT2D eigenvalue weighted by Crippen LogP contribution is 2.13. The van der Waals surface area contributed by atoms with E-state index in [0.717, 1.165) is 32.8 Å². The van der Waals surface area contributed by atoms with Crippen molar-refractivity contribution in [1.82, 2.24) is 10.2 Å². The van der Waals surface area contributed by atoms with Crippen molar-refractivity contribution in [3.8, 4) is 0 Å². The van der Waals surface area contributed by atoms with Crippen molar-refractivity contribution in [3.05, 3.63) is 34.9 Å². The Bertz CT molecular complexity index is 434. The molecule has 0 unspecified atom stereocenters. The molecule has 4 nitrogen and oxygen atoms in total. The monoisotopic (exact) mass is 292 g/mol. The summed E-state index contributed by atoms with van der Waals surface area (Å²) in [6, 6.07) is 6.36. The quantitative estimate of drug-likeness (QED) is 0.833. The molecule has 2 rings (SSSR count). The number of aliphatic hydroxyl groups is 1. The summed E-state index contributed by atoms with van der Waals surface area (Å²) in [6.45, 7) is 11.6. The summed E-state index contributed by atoms with van der Waals surface area (Å²) in [5.41, 5.74) is 3.22. The third kappa shape index (κ3) is 5.08. The fourth-order valence-corrected chi connectivity index (χ4v) is 2.88. The highest BCUT2D eigenvalue weighted by atomic mass is 16.5. The van der Waals surface area contributed by atoms with E-state index in [-0.39, 0.29) is 0 Å². The molecule has 1 atom stereocenters. The van der Waals surface area contributed by atoms with Crippen LogP contribution in [0.5, 0.6) is 0 Å². The molecule has 4 heteroatoms. The van der Waals surface area contributed by atoms with Gasteiger partial charge in [-0.25, -0.2) is 0 Å². The highest BCUT2D eigenvalue weighted by Gasteiger charge is 2.24. The number of ether oxygens (including phenoxy) is 1. The van der Waals surface area contributed by atoms with Crippen molar-refractivity contribution in [2.45, 2.75) is 32.9 Å². The van der Waals surface area contributed by atoms with Gasteiger partial charge in [0.25, 0.3) is 0 Å². The third-order valence-electron chi connectivity index (χ3n) is 4.12. The standard InChI is InChI=1S/C17H28N2O2/c1-14-5-4-6-15(2)16(14)11-18-12-17(3,20)13-19-7-9-21-10-8-19/h4-6,18,20H,7-13H2,1-3H3/t17-/m1/s1. The van der Waals surface area contributed by atoms with Gasteiger partial charge >= 0.3 is 0 Å². The maximum Gasteiger partial charge on any atom is 0.0869 e. The van der Waals surface area contributed by atoms with E-state index in [2.05, 4.69) is 42.3 Å². The lowest BCUT2D eigenvalue weighted by atomic mass is 10.0. The molecule has 1 fully saturated rings. The predicted molar refractivity (Wildman–Crippen MR) is 85.5 cm³/mol. The lowest BCUT2D eigenvalue weighted by Crippen LogP contribution is -2.50. The molecule has 2 N–H and O–H groups in total. The number of aryl methyl sites for hydroxylation is 2. The molecule has 0 amide bonds. The van der Waals surface area contributed by atoms with E-state index >= 15 is 0 Å². The summed E-state index contributed by atoms with van der Waals surface area (Å²) in [4.78, 5) is 2.27. The van der Waals surface area contributed by atoms with E-state index in [1.54, 1.807) is 0 Å². The minimum Gasteiger partial charge on any atom is -0.388 e. The van der Waals surface area contributed by atoms with Crippen LogP contribution >= 0.6 is 0 Å². The number of β-amino-alcohol motifs (C(OH)–C–C–N with tert-alkyl or cyclic N) is 1. The van der Waals surface area contributed by atoms with Gasteiger partial charge in [0.2, 0.25) is 0 Å². The average Bonchev–Trinajstić information content (AvgIpc) is 2.42. The smallest absolute Gasteiger partial charge is 0.0869 e. The van der Waals surface area contributed by atoms with Crippen LogP contribution in [0.15, 0.2) is 18.2 Å². The molecule has 118 valence electrons. The maximum absolute atomic E-state index is 10.5. The van der Waals surface area contributed by atoms with Crippen LogP contribution in [0.2, 0.25) is 0 Å². The van der Waals surface area contributed by atoms with Gasteiger partial charge in [-0.3, -0.25) is 4.90 Å². The molecule has 1 aromatic rings. The second kappa shape index (κ2) is 7.36. The Hall–Kier alpha value is -0.940. The Morgan fingerprint density at radius 2 is 1.86 bits per heavy atom. The van der Waals surface area contributed by atoms with Crippen molar-refractivity contribution < 1.29 is 9.84 Å². The number of morpholine rings is 1. The molecule has 0 aromatic heterocycles. The van der Waals surface area contributed by atoms with E-state index in [1.807, 2.05) is 6.92 Å². The van der Waals surface area contributed by atoms with Crippen LogP contribution in [0, 0.1) is 13.8 Å². The second-order valence-corrected chi connectivity index (χ2v) is 6.36. The largest absolute Gasteiger partial charge is 0.388 e. The van der Waals surface area contributed by atoms with E-state index in [0.29, 0.717) is 13.1 Å². The van der Waals surface area contributed by atoms with E-state index in [4.69, 9.17) is 4.74 Å². The Balaban J connectivity index is 1.81. The van der Waals surface area contributed by atoms with E-state index in [1.165, 1.54) is 16.7 Å². The number of hydrogen-bond donors (Lipinski definition) is 2. The van der Waals surface area contributed by atoms with Gasteiger partial charge < -0.3 is 15.2 Å². The minimum atomic E-state index is -0.714. The molecule has 1 heterocycles. The molecule has 21 heavy (non-hydrogen) atoms. The lowest BCUT2D eigenvalue weighted by molar-refractivity contribution is -0.0219. The van der Waals surface area contributed by atoms with Crippen molar-refractivity contribution in [2.75, 3.05) is 39.4 Å². The summed E-state index contributed by atoms with van der Waals surface area (Å²) < 4.78 is 5.34. The van der Waals surface area contributed by atoms with Gasteiger partial charge in [0.1, 0.15) is 0 Å². The fraction of sp³-hybridized carbons (Fsp3) is 0.647. The summed E-state index contributed by atoms with van der Waals surface area (Å²) in [7, 11) is 0. The molecular weight excluding hydrogens is 264 g/mol. The SMILES string of the molecule is Cc1cccc(C)c1CNC[C@@](C)(O)CN1CCOCC1. The Morgan fingerprint density at radius 1 is 1.24 bits per heavy atom. The summed E-state index contributed by atoms with van der Waals surface area (Å²) in [6.07, 6.45) is 0. The van der Waals surface area contributed by atoms with Crippen molar-refractivity contribution in [2.24, 2.45) is 0 Å². The molecule has 1 aliphatic heterocycles. The molecule has 1 aromatic carbocycles. The lowest BCUT2D eigenvalue weighted by Gasteiger charge is -2.34. The minimum absolute atomic E-state index is 0.595. The normalized spacial score (nSPS) is 19.4. The van der Waals surface area contributed by atoms with Gasteiger partial charge in [0.15, 0.2) is 0 Å². The number of nitrogens with zero attached hydrogens (tertiary/aromatic N) is 1. The van der Waals surface area contributed by atoms with Crippen molar-refractivity contribution in [3.63, 3.8) is 0 Å². The fourth-order valence-electron chi connectivity index (χ4n) is 2.88. The first-order valence-electron chi connectivity index (χ1n) is 7.76. The maximum atomic E-state index is 10.5. The Morgan fingerprint density at radius 3 is 2.48 bits per heavy atom. The van der Waals surface area contributed by atoms with Gasteiger partial charge in [0.05, 0.1) is 18.8 Å². The zero-order valence-corrected chi connectivity index (χ0v) is 13.5. The first kappa shape index (κ1) is 16.4. The molecule has 0 bridgehead atoms. The number of benzene rings is 1. The predicted octanol–water partition coefficient (Wildman–Crippen LogP) is 1.48. The van der Waals surface area contributed by atoms with Crippen LogP contribution in [-0.4, -0.2) is 55.0 Å². The van der Waals surface area contributed by atoms with Gasteiger partial charge in [-0.15, -0.1) is 0 Å². The first-order chi connectivity index (χ1) is 9.98. The highest BCUT2D eigenvalue weighted by molar-refractivity contribution is 5.33. The number of nitrogens with one attached hydrogen (secondary N) is 1. The van der Waals surface area contributed by atoms with E-state index in [9.17, 15) is 5.11 Å². The number of hydrogen-bond acceptors (Lipinski definition) is 4. The molecule has 1 aliphatic rings. The van der Waals surface area contributed by atoms with Crippen molar-refractivity contribution in [1.29, 1.82) is 0 Å². The average molecular weight is 292 g/mol. The summed E-state index contributed by atoms with van der Waals surface area (Å²) in [5, 5.41) is 13.9. The molecule has 0 spiro atoms. The van der Waals surface area contributed by atoms with Crippen LogP contribution in [0.25, 0.3) is 0 Å². The second-order valence-electron chi connectivity index (χ2n) is 6.36. The zero-order valence-electron chi connectivity index (χ0n) is 13.5. The molecule has 0 radical (unpaired) electrons. The summed E-state index contributed by atoms with van der Waals surface area (Å²) >= 11 is 0. The van der Waals surface area contributed by atoms with Crippen LogP contribution in [-0.2, 0) is 11.3 Å². The molecule has 0 saturated carbocycles. The van der Waals surface area contributed by atoms with Crippen LogP contribution in [0.3, 0.4) is 0 Å². The van der Waals surface area contributed by atoms with Crippen LogP contribution in [0.4, 0.5) is 0 Å². The van der Waals surface area contributed by atoms with Gasteiger partial charge in [-0.1, -0.05) is 18.2 Å². The van der Waals surface area contributed by atoms with Crippen LogP contribution in [0.1, 0.15) is 23.6 Å². The van der Waals surface area contributed by atoms with Gasteiger partial charge in [-0.2, -0.15) is 0 Å². The zero-order chi connectivity index (χ0) is 15.3. The molecule has 1 saturated heterocycles. The summed E-state index contributed by atoms with van der Waals surface area (Å²) in [5.74, 6) is 0. The van der Waals surface area contributed by atoms with Gasteiger partial charge in [0, 0.05) is 32.7 Å². The van der Waals surface area contributed by atoms with E-state index < -0.39 is 5.60 Å². The Labute approximate surface area is 128 Å². The molecular formula is C17H28N2O2. The van der Waals surface area contributed by atoms with Crippen molar-refractivity contribution >= 4 is 0 Å².